The minimum absolute atomic E-state index is 0.0297. The van der Waals surface area contributed by atoms with E-state index in [-0.39, 0.29) is 24.1 Å². The van der Waals surface area contributed by atoms with E-state index in [1.165, 1.54) is 23.6 Å². The summed E-state index contributed by atoms with van der Waals surface area (Å²) in [5, 5.41) is 10.8. The Morgan fingerprint density at radius 3 is 2.34 bits per heavy atom. The van der Waals surface area contributed by atoms with Crippen molar-refractivity contribution in [2.45, 2.75) is 13.1 Å². The van der Waals surface area contributed by atoms with Gasteiger partial charge < -0.3 is 14.7 Å². The number of hydrogen-bond donors (Lipinski definition) is 1. The number of anilines is 1. The van der Waals surface area contributed by atoms with Crippen molar-refractivity contribution in [1.82, 2.24) is 9.80 Å². The van der Waals surface area contributed by atoms with E-state index >= 15 is 0 Å². The zero-order valence-electron chi connectivity index (χ0n) is 19.4. The number of phenols is 1. The van der Waals surface area contributed by atoms with Crippen LogP contribution >= 0.6 is 11.6 Å². The summed E-state index contributed by atoms with van der Waals surface area (Å²) in [6.07, 6.45) is 0. The predicted octanol–water partition coefficient (Wildman–Crippen LogP) is 4.17. The van der Waals surface area contributed by atoms with Gasteiger partial charge in [-0.1, -0.05) is 35.9 Å². The molecule has 2 aliphatic heterocycles. The topological polar surface area (TPSA) is 73.3 Å². The van der Waals surface area contributed by atoms with E-state index in [0.717, 1.165) is 43.4 Å². The van der Waals surface area contributed by atoms with Crippen LogP contribution in [0.15, 0.2) is 60.7 Å². The van der Waals surface area contributed by atoms with E-state index in [2.05, 4.69) is 15.9 Å². The van der Waals surface area contributed by atoms with Crippen LogP contribution in [-0.4, -0.2) is 60.0 Å². The number of hydrogen-bond acceptors (Lipinski definition) is 6. The van der Waals surface area contributed by atoms with Crippen LogP contribution in [0.3, 0.4) is 0 Å². The fourth-order valence-electron chi connectivity index (χ4n) is 4.78. The largest absolute Gasteiger partial charge is 0.504 e. The van der Waals surface area contributed by atoms with E-state index in [1.54, 1.807) is 18.2 Å². The minimum Gasteiger partial charge on any atom is -0.504 e. The standard InChI is InChI=1S/C27H26ClN3O4/c1-35-24-9-8-19(15-23(24)32)17-31-26(33)21-6-3-7-22(25(21)27(31)34)30-12-10-29(11-13-30)16-18-4-2-5-20(28)14-18/h2-9,14-15,32H,10-13,16-17H2,1H3. The van der Waals surface area contributed by atoms with E-state index in [9.17, 15) is 14.7 Å². The Morgan fingerprint density at radius 1 is 0.886 bits per heavy atom. The molecular weight excluding hydrogens is 466 g/mol. The summed E-state index contributed by atoms with van der Waals surface area (Å²) in [5.41, 5.74) is 3.50. The van der Waals surface area contributed by atoms with Gasteiger partial charge in [-0.25, -0.2) is 0 Å². The molecule has 0 bridgehead atoms. The maximum Gasteiger partial charge on any atom is 0.263 e. The highest BCUT2D eigenvalue weighted by atomic mass is 35.5. The zero-order valence-corrected chi connectivity index (χ0v) is 20.2. The van der Waals surface area contributed by atoms with Gasteiger partial charge in [0.05, 0.1) is 30.5 Å². The third kappa shape index (κ3) is 4.57. The lowest BCUT2D eigenvalue weighted by atomic mass is 10.1. The number of aromatic hydroxyl groups is 1. The highest BCUT2D eigenvalue weighted by Gasteiger charge is 2.38. The fraction of sp³-hybridized carbons (Fsp3) is 0.259. The van der Waals surface area contributed by atoms with Crippen LogP contribution in [-0.2, 0) is 13.1 Å². The molecule has 180 valence electrons. The van der Waals surface area contributed by atoms with Gasteiger partial charge in [0, 0.05) is 37.7 Å². The van der Waals surface area contributed by atoms with E-state index < -0.39 is 0 Å². The van der Waals surface area contributed by atoms with Gasteiger partial charge in [-0.2, -0.15) is 0 Å². The Hall–Kier alpha value is -3.55. The number of carbonyl (C=O) groups is 2. The van der Waals surface area contributed by atoms with Crippen molar-refractivity contribution in [1.29, 1.82) is 0 Å². The number of rotatable bonds is 6. The van der Waals surface area contributed by atoms with Crippen molar-refractivity contribution in [3.63, 3.8) is 0 Å². The molecule has 2 aliphatic rings. The molecule has 7 nitrogen and oxygen atoms in total. The molecule has 0 spiro atoms. The number of amides is 2. The SMILES string of the molecule is COc1ccc(CN2C(=O)c3cccc(N4CCN(Cc5cccc(Cl)c5)CC4)c3C2=O)cc1O. The molecule has 0 aromatic heterocycles. The molecule has 1 fully saturated rings. The maximum atomic E-state index is 13.4. The molecule has 5 rings (SSSR count). The molecule has 0 radical (unpaired) electrons. The average molecular weight is 492 g/mol. The lowest BCUT2D eigenvalue weighted by Crippen LogP contribution is -2.46. The zero-order chi connectivity index (χ0) is 24.5. The number of piperazine rings is 1. The summed E-state index contributed by atoms with van der Waals surface area (Å²) < 4.78 is 5.08. The van der Waals surface area contributed by atoms with Gasteiger partial charge in [0.25, 0.3) is 11.8 Å². The predicted molar refractivity (Wildman–Crippen MR) is 134 cm³/mol. The monoisotopic (exact) mass is 491 g/mol. The molecule has 35 heavy (non-hydrogen) atoms. The maximum absolute atomic E-state index is 13.4. The van der Waals surface area contributed by atoms with Crippen molar-refractivity contribution in [2.24, 2.45) is 0 Å². The van der Waals surface area contributed by atoms with Crippen LogP contribution < -0.4 is 9.64 Å². The molecule has 0 unspecified atom stereocenters. The Kier molecular flexibility index (Phi) is 6.36. The summed E-state index contributed by atoms with van der Waals surface area (Å²) in [4.78, 5) is 32.3. The van der Waals surface area contributed by atoms with Crippen LogP contribution in [0.2, 0.25) is 5.02 Å². The van der Waals surface area contributed by atoms with Gasteiger partial charge in [0.15, 0.2) is 11.5 Å². The van der Waals surface area contributed by atoms with Crippen LogP contribution in [0.25, 0.3) is 0 Å². The lowest BCUT2D eigenvalue weighted by Gasteiger charge is -2.36. The molecule has 0 atom stereocenters. The summed E-state index contributed by atoms with van der Waals surface area (Å²) in [5.74, 6) is -0.315. The number of ether oxygens (including phenoxy) is 1. The first-order valence-corrected chi connectivity index (χ1v) is 11.9. The van der Waals surface area contributed by atoms with Crippen molar-refractivity contribution in [2.75, 3.05) is 38.2 Å². The molecule has 2 heterocycles. The van der Waals surface area contributed by atoms with Crippen LogP contribution in [0.1, 0.15) is 31.8 Å². The number of imide groups is 1. The number of benzene rings is 3. The fourth-order valence-corrected chi connectivity index (χ4v) is 4.99. The first kappa shape index (κ1) is 23.2. The Morgan fingerprint density at radius 2 is 1.63 bits per heavy atom. The highest BCUT2D eigenvalue weighted by Crippen LogP contribution is 2.34. The first-order valence-electron chi connectivity index (χ1n) is 11.5. The second kappa shape index (κ2) is 9.60. The Balaban J connectivity index is 1.31. The lowest BCUT2D eigenvalue weighted by molar-refractivity contribution is 0.0642. The van der Waals surface area contributed by atoms with E-state index in [1.807, 2.05) is 30.3 Å². The molecule has 0 aliphatic carbocycles. The van der Waals surface area contributed by atoms with E-state index in [4.69, 9.17) is 16.3 Å². The van der Waals surface area contributed by atoms with Gasteiger partial charge >= 0.3 is 0 Å². The Labute approximate surface area is 209 Å². The van der Waals surface area contributed by atoms with Gasteiger partial charge in [-0.15, -0.1) is 0 Å². The third-order valence-electron chi connectivity index (χ3n) is 6.57. The molecule has 2 amide bonds. The average Bonchev–Trinajstić information content (AvgIpc) is 3.10. The number of carbonyl (C=O) groups excluding carboxylic acids is 2. The van der Waals surface area contributed by atoms with E-state index in [0.29, 0.717) is 22.4 Å². The van der Waals surface area contributed by atoms with Crippen LogP contribution in [0, 0.1) is 0 Å². The molecule has 1 saturated heterocycles. The summed E-state index contributed by atoms with van der Waals surface area (Å²) >= 11 is 6.12. The molecule has 3 aromatic rings. The summed E-state index contributed by atoms with van der Waals surface area (Å²) in [6, 6.07) is 18.2. The summed E-state index contributed by atoms with van der Waals surface area (Å²) in [7, 11) is 1.47. The number of halogens is 1. The second-order valence-electron chi connectivity index (χ2n) is 8.80. The number of fused-ring (bicyclic) bond motifs is 1. The summed E-state index contributed by atoms with van der Waals surface area (Å²) in [6.45, 7) is 4.09. The van der Waals surface area contributed by atoms with Gasteiger partial charge in [0.2, 0.25) is 0 Å². The number of phenolic OH excluding ortho intramolecular Hbond substituents is 1. The molecular formula is C27H26ClN3O4. The Bertz CT molecular complexity index is 1290. The number of methoxy groups -OCH3 is 1. The number of nitrogens with zero attached hydrogens (tertiary/aromatic N) is 3. The first-order chi connectivity index (χ1) is 16.9. The van der Waals surface area contributed by atoms with Crippen molar-refractivity contribution in [3.05, 3.63) is 87.9 Å². The molecule has 8 heteroatoms. The quantitative estimate of drug-likeness (QED) is 0.522. The van der Waals surface area contributed by atoms with Crippen molar-refractivity contribution < 1.29 is 19.4 Å². The minimum atomic E-state index is -0.318. The third-order valence-corrected chi connectivity index (χ3v) is 6.80. The van der Waals surface area contributed by atoms with Crippen molar-refractivity contribution in [3.8, 4) is 11.5 Å². The van der Waals surface area contributed by atoms with Gasteiger partial charge in [-0.3, -0.25) is 19.4 Å². The van der Waals surface area contributed by atoms with Crippen LogP contribution in [0.4, 0.5) is 5.69 Å². The van der Waals surface area contributed by atoms with Gasteiger partial charge in [0.1, 0.15) is 0 Å². The molecule has 0 saturated carbocycles. The normalized spacial score (nSPS) is 16.1. The molecule has 3 aromatic carbocycles. The van der Waals surface area contributed by atoms with Gasteiger partial charge in [-0.05, 0) is 47.5 Å². The smallest absolute Gasteiger partial charge is 0.263 e. The van der Waals surface area contributed by atoms with Crippen LogP contribution in [0.5, 0.6) is 11.5 Å². The second-order valence-corrected chi connectivity index (χ2v) is 9.23. The highest BCUT2D eigenvalue weighted by molar-refractivity contribution is 6.30. The molecule has 1 N–H and O–H groups in total. The van der Waals surface area contributed by atoms with Crippen molar-refractivity contribution >= 4 is 29.1 Å².